The van der Waals surface area contributed by atoms with E-state index in [2.05, 4.69) is 4.98 Å². The lowest BCUT2D eigenvalue weighted by atomic mass is 10.1. The van der Waals surface area contributed by atoms with Crippen molar-refractivity contribution in [2.75, 3.05) is 0 Å². The molecular weight excluding hydrogens is 318 g/mol. The van der Waals surface area contributed by atoms with Crippen LogP contribution in [0.25, 0.3) is 22.3 Å². The Balaban J connectivity index is 2.22. The Morgan fingerprint density at radius 3 is 2.96 bits per heavy atom. The highest BCUT2D eigenvalue weighted by atomic mass is 32.1. The Kier molecular flexibility index (Phi) is 3.67. The molecule has 0 amide bonds. The number of hydrogen-bond acceptors (Lipinski definition) is 5. The Morgan fingerprint density at radius 1 is 1.48 bits per heavy atom. The van der Waals surface area contributed by atoms with Gasteiger partial charge in [0.15, 0.2) is 4.96 Å². The van der Waals surface area contributed by atoms with Crippen LogP contribution in [0.2, 0.25) is 0 Å². The summed E-state index contributed by atoms with van der Waals surface area (Å²) in [6.45, 7) is 1.93. The van der Waals surface area contributed by atoms with Crippen molar-refractivity contribution in [3.63, 3.8) is 0 Å². The summed E-state index contributed by atoms with van der Waals surface area (Å²) in [5.74, 6) is -1.07. The summed E-state index contributed by atoms with van der Waals surface area (Å²) in [5.41, 5.74) is 1.62. The smallest absolute Gasteiger partial charge is 0.328 e. The van der Waals surface area contributed by atoms with Gasteiger partial charge in [0.25, 0.3) is 5.69 Å². The molecule has 0 saturated heterocycles. The number of imidazole rings is 1. The molecule has 0 saturated carbocycles. The van der Waals surface area contributed by atoms with Crippen LogP contribution in [0.15, 0.2) is 36.5 Å². The van der Waals surface area contributed by atoms with E-state index in [4.69, 9.17) is 5.11 Å². The molecule has 2 aromatic heterocycles. The number of nitro benzene ring substituents is 1. The summed E-state index contributed by atoms with van der Waals surface area (Å²) in [5, 5.41) is 19.8. The number of nitrogens with zero attached hydrogens (tertiary/aromatic N) is 3. The van der Waals surface area contributed by atoms with E-state index in [0.717, 1.165) is 11.0 Å². The Bertz CT molecular complexity index is 955. The van der Waals surface area contributed by atoms with Gasteiger partial charge in [-0.1, -0.05) is 12.1 Å². The van der Waals surface area contributed by atoms with E-state index in [9.17, 15) is 14.9 Å². The fourth-order valence-electron chi connectivity index (χ4n) is 2.26. The minimum absolute atomic E-state index is 0.0387. The van der Waals surface area contributed by atoms with Gasteiger partial charge in [0.1, 0.15) is 0 Å². The van der Waals surface area contributed by atoms with E-state index < -0.39 is 10.9 Å². The second-order valence-corrected chi connectivity index (χ2v) is 6.03. The van der Waals surface area contributed by atoms with Crippen LogP contribution in [-0.2, 0) is 4.79 Å². The van der Waals surface area contributed by atoms with Crippen molar-refractivity contribution in [1.29, 1.82) is 0 Å². The third kappa shape index (κ3) is 2.84. The molecule has 0 aliphatic carbocycles. The van der Waals surface area contributed by atoms with Crippen LogP contribution in [0, 0.1) is 17.0 Å². The predicted molar refractivity (Wildman–Crippen MR) is 86.6 cm³/mol. The molecule has 1 aromatic carbocycles. The van der Waals surface area contributed by atoms with Gasteiger partial charge < -0.3 is 5.11 Å². The number of carboxylic acid groups (broad SMARTS) is 1. The zero-order chi connectivity index (χ0) is 16.6. The van der Waals surface area contributed by atoms with Gasteiger partial charge in [-0.05, 0) is 13.0 Å². The number of thiazole rings is 1. The summed E-state index contributed by atoms with van der Waals surface area (Å²) in [6.07, 6.45) is 4.33. The summed E-state index contributed by atoms with van der Waals surface area (Å²) in [4.78, 5) is 27.5. The molecule has 0 fully saturated rings. The van der Waals surface area contributed by atoms with Crippen LogP contribution in [0.4, 0.5) is 5.69 Å². The average Bonchev–Trinajstić information content (AvgIpc) is 3.01. The van der Waals surface area contributed by atoms with E-state index in [1.165, 1.54) is 29.5 Å². The van der Waals surface area contributed by atoms with E-state index in [0.29, 0.717) is 21.9 Å². The zero-order valence-electron chi connectivity index (χ0n) is 12.0. The lowest BCUT2D eigenvalue weighted by Gasteiger charge is -2.00. The SMILES string of the molecule is Cc1cn2c(/C=C/C(=O)O)c(-c3cccc([N+](=O)[O-])c3)nc2s1. The second-order valence-electron chi connectivity index (χ2n) is 4.82. The second kappa shape index (κ2) is 5.65. The lowest BCUT2D eigenvalue weighted by Crippen LogP contribution is -1.91. The van der Waals surface area contributed by atoms with Crippen molar-refractivity contribution in [1.82, 2.24) is 9.38 Å². The number of fused-ring (bicyclic) bond motifs is 1. The van der Waals surface area contributed by atoms with Crippen molar-refractivity contribution in [2.45, 2.75) is 6.92 Å². The Labute approximate surface area is 134 Å². The number of nitro groups is 1. The number of aryl methyl sites for hydroxylation is 1. The van der Waals surface area contributed by atoms with Crippen LogP contribution in [0.3, 0.4) is 0 Å². The molecule has 0 bridgehead atoms. The highest BCUT2D eigenvalue weighted by molar-refractivity contribution is 7.17. The van der Waals surface area contributed by atoms with Crippen LogP contribution >= 0.6 is 11.3 Å². The molecule has 3 rings (SSSR count). The monoisotopic (exact) mass is 329 g/mol. The molecule has 3 aromatic rings. The molecule has 0 atom stereocenters. The van der Waals surface area contributed by atoms with E-state index in [-0.39, 0.29) is 5.69 Å². The van der Waals surface area contributed by atoms with E-state index >= 15 is 0 Å². The number of carboxylic acids is 1. The standard InChI is InChI=1S/C15H11N3O4S/c1-9-8-17-12(5-6-13(19)20)14(16-15(17)23-9)10-3-2-4-11(7-10)18(21)22/h2-8H,1H3,(H,19,20)/b6-5+. The van der Waals surface area contributed by atoms with Crippen molar-refractivity contribution in [2.24, 2.45) is 0 Å². The number of benzene rings is 1. The van der Waals surface area contributed by atoms with Gasteiger partial charge >= 0.3 is 5.97 Å². The summed E-state index contributed by atoms with van der Waals surface area (Å²) in [7, 11) is 0. The highest BCUT2D eigenvalue weighted by Crippen LogP contribution is 2.30. The largest absolute Gasteiger partial charge is 0.478 e. The first-order valence-corrected chi connectivity index (χ1v) is 7.41. The minimum Gasteiger partial charge on any atom is -0.478 e. The third-order valence-corrected chi connectivity index (χ3v) is 4.09. The van der Waals surface area contributed by atoms with Gasteiger partial charge in [-0.15, -0.1) is 11.3 Å². The number of aromatic nitrogens is 2. The topological polar surface area (TPSA) is 97.7 Å². The maximum atomic E-state index is 10.9. The molecular formula is C15H11N3O4S. The van der Waals surface area contributed by atoms with Crippen molar-refractivity contribution in [3.05, 3.63) is 57.2 Å². The van der Waals surface area contributed by atoms with Crippen molar-refractivity contribution >= 4 is 34.0 Å². The lowest BCUT2D eigenvalue weighted by molar-refractivity contribution is -0.384. The molecule has 7 nitrogen and oxygen atoms in total. The van der Waals surface area contributed by atoms with Gasteiger partial charge in [-0.2, -0.15) is 0 Å². The van der Waals surface area contributed by atoms with E-state index in [1.54, 1.807) is 16.5 Å². The molecule has 1 N–H and O–H groups in total. The van der Waals surface area contributed by atoms with Crippen molar-refractivity contribution < 1.29 is 14.8 Å². The fourth-order valence-corrected chi connectivity index (χ4v) is 3.09. The summed E-state index contributed by atoms with van der Waals surface area (Å²) < 4.78 is 1.79. The predicted octanol–water partition coefficient (Wildman–Crippen LogP) is 3.38. The molecule has 23 heavy (non-hydrogen) atoms. The van der Waals surface area contributed by atoms with Crippen LogP contribution in [-0.4, -0.2) is 25.4 Å². The van der Waals surface area contributed by atoms with Crippen molar-refractivity contribution in [3.8, 4) is 11.3 Å². The summed E-state index contributed by atoms with van der Waals surface area (Å²) >= 11 is 1.46. The molecule has 0 unspecified atom stereocenters. The maximum Gasteiger partial charge on any atom is 0.328 e. The van der Waals surface area contributed by atoms with Crippen LogP contribution in [0.1, 0.15) is 10.6 Å². The normalized spacial score (nSPS) is 11.3. The number of non-ortho nitro benzene ring substituents is 1. The first-order valence-electron chi connectivity index (χ1n) is 6.60. The van der Waals surface area contributed by atoms with Crippen LogP contribution in [0.5, 0.6) is 0 Å². The van der Waals surface area contributed by atoms with Gasteiger partial charge in [0.2, 0.25) is 0 Å². The molecule has 0 radical (unpaired) electrons. The Morgan fingerprint density at radius 2 is 2.26 bits per heavy atom. The van der Waals surface area contributed by atoms with Gasteiger partial charge in [0.05, 0.1) is 16.3 Å². The molecule has 2 heterocycles. The average molecular weight is 329 g/mol. The summed E-state index contributed by atoms with van der Waals surface area (Å²) in [6, 6.07) is 6.12. The zero-order valence-corrected chi connectivity index (χ0v) is 12.8. The quantitative estimate of drug-likeness (QED) is 0.449. The highest BCUT2D eigenvalue weighted by Gasteiger charge is 2.16. The Hall–Kier alpha value is -3.00. The molecule has 0 spiro atoms. The molecule has 0 aliphatic rings. The van der Waals surface area contributed by atoms with Gasteiger partial charge in [-0.25, -0.2) is 9.78 Å². The fraction of sp³-hybridized carbons (Fsp3) is 0.0667. The number of rotatable bonds is 4. The first-order chi connectivity index (χ1) is 11.0. The minimum atomic E-state index is -1.07. The maximum absolute atomic E-state index is 10.9. The third-order valence-electron chi connectivity index (χ3n) is 3.19. The molecule has 116 valence electrons. The number of carbonyl (C=O) groups is 1. The number of aliphatic carboxylic acids is 1. The number of hydrogen-bond donors (Lipinski definition) is 1. The van der Waals surface area contributed by atoms with Crippen LogP contribution < -0.4 is 0 Å². The van der Waals surface area contributed by atoms with Gasteiger partial charge in [0, 0.05) is 34.8 Å². The van der Waals surface area contributed by atoms with E-state index in [1.807, 2.05) is 13.1 Å². The molecule has 0 aliphatic heterocycles. The van der Waals surface area contributed by atoms with Gasteiger partial charge in [-0.3, -0.25) is 14.5 Å². The molecule has 8 heteroatoms. The first kappa shape index (κ1) is 14.9.